The van der Waals surface area contributed by atoms with Crippen LogP contribution in [0.5, 0.6) is 0 Å². The number of nitrogens with one attached hydrogen (secondary N) is 2. The Balaban J connectivity index is 2.11. The van der Waals surface area contributed by atoms with Crippen LogP contribution in [0.25, 0.3) is 0 Å². The largest absolute Gasteiger partial charge is 0.363 e. The number of nitrogens with two attached hydrogens (primary N) is 1. The Labute approximate surface area is 108 Å². The third-order valence-corrected chi connectivity index (χ3v) is 2.82. The summed E-state index contributed by atoms with van der Waals surface area (Å²) in [6.45, 7) is 0.533. The third-order valence-electron chi connectivity index (χ3n) is 2.27. The topological polar surface area (TPSA) is 107 Å². The number of anilines is 2. The van der Waals surface area contributed by atoms with Crippen molar-refractivity contribution < 1.29 is 0 Å². The summed E-state index contributed by atoms with van der Waals surface area (Å²) in [5, 5.41) is 11.6. The molecule has 2 aromatic heterocycles. The molecular formula is C9H14N8S. The molecule has 0 aliphatic carbocycles. The lowest BCUT2D eigenvalue weighted by molar-refractivity contribution is 0.807. The number of hydrazine groups is 1. The van der Waals surface area contributed by atoms with Crippen LogP contribution in [0.15, 0.2) is 17.6 Å². The molecule has 0 aliphatic rings. The zero-order valence-electron chi connectivity index (χ0n) is 10.1. The summed E-state index contributed by atoms with van der Waals surface area (Å²) in [6.07, 6.45) is 3.55. The van der Waals surface area contributed by atoms with Gasteiger partial charge in [-0.1, -0.05) is 11.8 Å². The van der Waals surface area contributed by atoms with Gasteiger partial charge in [0.25, 0.3) is 0 Å². The van der Waals surface area contributed by atoms with Gasteiger partial charge in [-0.05, 0) is 6.26 Å². The molecule has 2 heterocycles. The van der Waals surface area contributed by atoms with Gasteiger partial charge >= 0.3 is 0 Å². The molecule has 0 saturated carbocycles. The van der Waals surface area contributed by atoms with Crippen LogP contribution in [-0.2, 0) is 13.6 Å². The molecule has 96 valence electrons. The summed E-state index contributed by atoms with van der Waals surface area (Å²) in [4.78, 5) is 8.49. The van der Waals surface area contributed by atoms with Crippen molar-refractivity contribution in [2.75, 3.05) is 17.0 Å². The maximum Gasteiger partial charge on any atom is 0.191 e. The van der Waals surface area contributed by atoms with Gasteiger partial charge in [0, 0.05) is 13.1 Å². The first kappa shape index (κ1) is 12.6. The van der Waals surface area contributed by atoms with E-state index in [0.717, 1.165) is 5.82 Å². The van der Waals surface area contributed by atoms with E-state index in [1.54, 1.807) is 12.4 Å². The number of aryl methyl sites for hydroxylation is 1. The Hall–Kier alpha value is -1.87. The number of hydrogen-bond donors (Lipinski definition) is 3. The molecule has 0 saturated heterocycles. The van der Waals surface area contributed by atoms with Crippen molar-refractivity contribution in [3.63, 3.8) is 0 Å². The summed E-state index contributed by atoms with van der Waals surface area (Å²) in [5.41, 5.74) is 2.51. The highest BCUT2D eigenvalue weighted by atomic mass is 32.2. The van der Waals surface area contributed by atoms with E-state index < -0.39 is 0 Å². The molecule has 2 aromatic rings. The number of thioether (sulfide) groups is 1. The monoisotopic (exact) mass is 266 g/mol. The van der Waals surface area contributed by atoms with Crippen LogP contribution in [0.4, 0.5) is 11.6 Å². The van der Waals surface area contributed by atoms with Crippen LogP contribution in [0.3, 0.4) is 0 Å². The van der Waals surface area contributed by atoms with Gasteiger partial charge < -0.3 is 15.3 Å². The van der Waals surface area contributed by atoms with E-state index in [9.17, 15) is 0 Å². The normalized spacial score (nSPS) is 10.4. The lowest BCUT2D eigenvalue weighted by Gasteiger charge is -2.08. The van der Waals surface area contributed by atoms with E-state index >= 15 is 0 Å². The first-order chi connectivity index (χ1) is 8.72. The lowest BCUT2D eigenvalue weighted by Crippen LogP contribution is -2.12. The van der Waals surface area contributed by atoms with Crippen molar-refractivity contribution in [3.05, 3.63) is 18.2 Å². The van der Waals surface area contributed by atoms with Gasteiger partial charge in [0.05, 0.1) is 6.54 Å². The second-order valence-electron chi connectivity index (χ2n) is 3.48. The Kier molecular flexibility index (Phi) is 3.95. The van der Waals surface area contributed by atoms with E-state index in [2.05, 4.69) is 30.9 Å². The fourth-order valence-electron chi connectivity index (χ4n) is 1.32. The maximum absolute atomic E-state index is 5.35. The molecule has 9 heteroatoms. The summed E-state index contributed by atoms with van der Waals surface area (Å²) in [7, 11) is 1.89. The summed E-state index contributed by atoms with van der Waals surface area (Å²) < 4.78 is 1.84. The Bertz CT molecular complexity index is 503. The summed E-state index contributed by atoms with van der Waals surface area (Å²) in [6, 6.07) is 1.73. The predicted molar refractivity (Wildman–Crippen MR) is 70.0 cm³/mol. The summed E-state index contributed by atoms with van der Waals surface area (Å²) in [5.74, 6) is 7.42. The second kappa shape index (κ2) is 5.65. The van der Waals surface area contributed by atoms with Gasteiger partial charge in [-0.2, -0.15) is 0 Å². The van der Waals surface area contributed by atoms with Crippen molar-refractivity contribution in [1.82, 2.24) is 24.7 Å². The van der Waals surface area contributed by atoms with E-state index in [4.69, 9.17) is 5.84 Å². The van der Waals surface area contributed by atoms with Gasteiger partial charge in [-0.3, -0.25) is 0 Å². The third kappa shape index (κ3) is 2.87. The highest BCUT2D eigenvalue weighted by molar-refractivity contribution is 7.98. The van der Waals surface area contributed by atoms with Crippen LogP contribution in [0, 0.1) is 0 Å². The molecule has 0 unspecified atom stereocenters. The van der Waals surface area contributed by atoms with Crippen LogP contribution < -0.4 is 16.6 Å². The Morgan fingerprint density at radius 3 is 2.78 bits per heavy atom. The molecule has 0 bridgehead atoms. The second-order valence-corrected chi connectivity index (χ2v) is 4.25. The van der Waals surface area contributed by atoms with Crippen LogP contribution in [-0.4, -0.2) is 31.0 Å². The van der Waals surface area contributed by atoms with Gasteiger partial charge in [0.1, 0.15) is 18.0 Å². The zero-order chi connectivity index (χ0) is 13.0. The van der Waals surface area contributed by atoms with E-state index in [0.29, 0.717) is 23.3 Å². The van der Waals surface area contributed by atoms with E-state index in [-0.39, 0.29) is 0 Å². The molecule has 8 nitrogen and oxygen atoms in total. The average Bonchev–Trinajstić information content (AvgIpc) is 2.81. The molecule has 0 amide bonds. The van der Waals surface area contributed by atoms with Crippen molar-refractivity contribution in [3.8, 4) is 0 Å². The average molecular weight is 266 g/mol. The lowest BCUT2D eigenvalue weighted by atomic mass is 10.5. The van der Waals surface area contributed by atoms with Crippen LogP contribution in [0.2, 0.25) is 0 Å². The molecule has 2 rings (SSSR count). The SMILES string of the molecule is CSc1nc(NN)cc(NCc2nncn2C)n1. The first-order valence-electron chi connectivity index (χ1n) is 5.19. The maximum atomic E-state index is 5.35. The van der Waals surface area contributed by atoms with Gasteiger partial charge in [-0.25, -0.2) is 15.8 Å². The van der Waals surface area contributed by atoms with Crippen molar-refractivity contribution in [1.29, 1.82) is 0 Å². The molecule has 0 radical (unpaired) electrons. The fourth-order valence-corrected chi connectivity index (χ4v) is 1.70. The van der Waals surface area contributed by atoms with Gasteiger partial charge in [-0.15, -0.1) is 10.2 Å². The quantitative estimate of drug-likeness (QED) is 0.305. The molecule has 0 spiro atoms. The van der Waals surface area contributed by atoms with Crippen LogP contribution >= 0.6 is 11.8 Å². The zero-order valence-corrected chi connectivity index (χ0v) is 10.9. The fraction of sp³-hybridized carbons (Fsp3) is 0.333. The Morgan fingerprint density at radius 1 is 1.39 bits per heavy atom. The molecule has 18 heavy (non-hydrogen) atoms. The number of aromatic nitrogens is 5. The van der Waals surface area contributed by atoms with Crippen molar-refractivity contribution in [2.24, 2.45) is 12.9 Å². The molecular weight excluding hydrogens is 252 g/mol. The number of nitrogen functional groups attached to an aromatic ring is 1. The number of nitrogens with zero attached hydrogens (tertiary/aromatic N) is 5. The first-order valence-corrected chi connectivity index (χ1v) is 6.42. The molecule has 4 N–H and O–H groups in total. The smallest absolute Gasteiger partial charge is 0.191 e. The van der Waals surface area contributed by atoms with Crippen LogP contribution in [0.1, 0.15) is 5.82 Å². The minimum atomic E-state index is 0.533. The minimum absolute atomic E-state index is 0.533. The summed E-state index contributed by atoms with van der Waals surface area (Å²) >= 11 is 1.45. The highest BCUT2D eigenvalue weighted by Gasteiger charge is 2.05. The Morgan fingerprint density at radius 2 is 2.17 bits per heavy atom. The minimum Gasteiger partial charge on any atom is -0.363 e. The molecule has 0 fully saturated rings. The number of hydrogen-bond acceptors (Lipinski definition) is 8. The standard InChI is InChI=1S/C9H14N8S/c1-17-5-12-16-8(17)4-11-6-3-7(15-10)14-9(13-6)18-2/h3,5H,4,10H2,1-2H3,(H2,11,13,14,15). The number of rotatable bonds is 5. The van der Waals surface area contributed by atoms with E-state index in [1.165, 1.54) is 11.8 Å². The molecule has 0 aromatic carbocycles. The molecule has 0 aliphatic heterocycles. The van der Waals surface area contributed by atoms with Crippen molar-refractivity contribution in [2.45, 2.75) is 11.7 Å². The molecule has 0 atom stereocenters. The van der Waals surface area contributed by atoms with Crippen molar-refractivity contribution >= 4 is 23.4 Å². The van der Waals surface area contributed by atoms with Gasteiger partial charge in [0.15, 0.2) is 11.0 Å². The predicted octanol–water partition coefficient (Wildman–Crippen LogP) is 0.225. The highest BCUT2D eigenvalue weighted by Crippen LogP contribution is 2.16. The van der Waals surface area contributed by atoms with E-state index in [1.807, 2.05) is 17.9 Å². The van der Waals surface area contributed by atoms with Gasteiger partial charge in [0.2, 0.25) is 0 Å².